The van der Waals surface area contributed by atoms with Crippen molar-refractivity contribution in [2.24, 2.45) is 0 Å². The number of rotatable bonds is 2. The van der Waals surface area contributed by atoms with E-state index in [1.165, 1.54) is 11.1 Å². The molecule has 0 saturated carbocycles. The van der Waals surface area contributed by atoms with Crippen molar-refractivity contribution in [3.63, 3.8) is 0 Å². The van der Waals surface area contributed by atoms with Crippen LogP contribution in [0.3, 0.4) is 0 Å². The lowest BCUT2D eigenvalue weighted by Gasteiger charge is -2.35. The molecule has 1 unspecified atom stereocenters. The summed E-state index contributed by atoms with van der Waals surface area (Å²) in [5.41, 5.74) is 3.76. The molecule has 0 radical (unpaired) electrons. The zero-order chi connectivity index (χ0) is 13.9. The van der Waals surface area contributed by atoms with Crippen molar-refractivity contribution in [1.29, 1.82) is 0 Å². The molecule has 0 bridgehead atoms. The van der Waals surface area contributed by atoms with Gasteiger partial charge in [-0.2, -0.15) is 0 Å². The number of nitrogens with zero attached hydrogens (tertiary/aromatic N) is 1. The van der Waals surface area contributed by atoms with E-state index in [4.69, 9.17) is 0 Å². The fraction of sp³-hybridized carbons (Fsp3) is 0.278. The van der Waals surface area contributed by atoms with Crippen molar-refractivity contribution in [2.45, 2.75) is 25.8 Å². The van der Waals surface area contributed by atoms with Gasteiger partial charge in [0.2, 0.25) is 5.91 Å². The minimum Gasteiger partial charge on any atom is -0.335 e. The van der Waals surface area contributed by atoms with Crippen LogP contribution in [0.25, 0.3) is 0 Å². The second kappa shape index (κ2) is 5.49. The third kappa shape index (κ3) is 2.46. The zero-order valence-corrected chi connectivity index (χ0v) is 11.8. The summed E-state index contributed by atoms with van der Waals surface area (Å²) in [4.78, 5) is 14.5. The lowest BCUT2D eigenvalue weighted by atomic mass is 9.93. The molecule has 2 aromatic rings. The fourth-order valence-electron chi connectivity index (χ4n) is 2.98. The Morgan fingerprint density at radius 3 is 2.60 bits per heavy atom. The highest BCUT2D eigenvalue weighted by Crippen LogP contribution is 2.29. The van der Waals surface area contributed by atoms with Crippen LogP contribution in [0.1, 0.15) is 29.7 Å². The van der Waals surface area contributed by atoms with E-state index in [-0.39, 0.29) is 11.9 Å². The molecule has 0 saturated heterocycles. The van der Waals surface area contributed by atoms with E-state index in [9.17, 15) is 4.79 Å². The van der Waals surface area contributed by atoms with E-state index < -0.39 is 0 Å². The van der Waals surface area contributed by atoms with Crippen LogP contribution in [0.15, 0.2) is 54.6 Å². The first-order valence-corrected chi connectivity index (χ1v) is 7.17. The number of hydrogen-bond acceptors (Lipinski definition) is 1. The summed E-state index contributed by atoms with van der Waals surface area (Å²) in [5, 5.41) is 0. The number of amides is 1. The van der Waals surface area contributed by atoms with Gasteiger partial charge in [0.1, 0.15) is 0 Å². The average Bonchev–Trinajstić information content (AvgIpc) is 2.49. The van der Waals surface area contributed by atoms with Crippen molar-refractivity contribution < 1.29 is 4.79 Å². The third-order valence-electron chi connectivity index (χ3n) is 4.11. The van der Waals surface area contributed by atoms with E-state index in [2.05, 4.69) is 31.2 Å². The topological polar surface area (TPSA) is 20.3 Å². The molecule has 20 heavy (non-hydrogen) atoms. The molecule has 0 fully saturated rings. The summed E-state index contributed by atoms with van der Waals surface area (Å²) in [6.07, 6.45) is 1.45. The van der Waals surface area contributed by atoms with Crippen LogP contribution in [0, 0.1) is 0 Å². The summed E-state index contributed by atoms with van der Waals surface area (Å²) in [6.45, 7) is 2.95. The Labute approximate surface area is 120 Å². The first-order valence-electron chi connectivity index (χ1n) is 7.17. The SMILES string of the molecule is CC1c2ccccc2CCN1C(=O)Cc1ccccc1. The Morgan fingerprint density at radius 1 is 1.10 bits per heavy atom. The Kier molecular flexibility index (Phi) is 3.55. The minimum atomic E-state index is 0.177. The molecular weight excluding hydrogens is 246 g/mol. The Morgan fingerprint density at radius 2 is 1.80 bits per heavy atom. The number of benzene rings is 2. The molecular formula is C18H19NO. The summed E-state index contributed by atoms with van der Waals surface area (Å²) < 4.78 is 0. The molecule has 1 aliphatic rings. The van der Waals surface area contributed by atoms with E-state index in [0.29, 0.717) is 6.42 Å². The van der Waals surface area contributed by atoms with Crippen LogP contribution in [-0.4, -0.2) is 17.4 Å². The monoisotopic (exact) mass is 265 g/mol. The maximum Gasteiger partial charge on any atom is 0.227 e. The standard InChI is InChI=1S/C18H19NO/c1-14-17-10-6-5-9-16(17)11-12-19(14)18(20)13-15-7-3-2-4-8-15/h2-10,14H,11-13H2,1H3. The van der Waals surface area contributed by atoms with Gasteiger partial charge in [0.05, 0.1) is 12.5 Å². The van der Waals surface area contributed by atoms with Crippen molar-refractivity contribution >= 4 is 5.91 Å². The molecule has 2 heteroatoms. The number of hydrogen-bond donors (Lipinski definition) is 0. The van der Waals surface area contributed by atoms with E-state index >= 15 is 0 Å². The normalized spacial score (nSPS) is 17.6. The summed E-state index contributed by atoms with van der Waals surface area (Å²) in [5.74, 6) is 0.221. The molecule has 1 atom stereocenters. The molecule has 1 aliphatic heterocycles. The highest BCUT2D eigenvalue weighted by molar-refractivity contribution is 5.79. The number of carbonyl (C=O) groups excluding carboxylic acids is 1. The predicted octanol–water partition coefficient (Wildman–Crippen LogP) is 3.38. The summed E-state index contributed by atoms with van der Waals surface area (Å²) in [6, 6.07) is 18.6. The van der Waals surface area contributed by atoms with Crippen LogP contribution in [0.4, 0.5) is 0 Å². The van der Waals surface area contributed by atoms with Crippen LogP contribution >= 0.6 is 0 Å². The second-order valence-electron chi connectivity index (χ2n) is 5.37. The van der Waals surface area contributed by atoms with Gasteiger partial charge in [-0.05, 0) is 30.0 Å². The highest BCUT2D eigenvalue weighted by Gasteiger charge is 2.26. The maximum atomic E-state index is 12.5. The minimum absolute atomic E-state index is 0.177. The van der Waals surface area contributed by atoms with Gasteiger partial charge in [0.25, 0.3) is 0 Å². The molecule has 0 aliphatic carbocycles. The molecule has 0 aromatic heterocycles. The Balaban J connectivity index is 1.77. The van der Waals surface area contributed by atoms with Crippen molar-refractivity contribution in [1.82, 2.24) is 4.90 Å². The van der Waals surface area contributed by atoms with Crippen LogP contribution < -0.4 is 0 Å². The molecule has 0 N–H and O–H groups in total. The third-order valence-corrected chi connectivity index (χ3v) is 4.11. The lowest BCUT2D eigenvalue weighted by Crippen LogP contribution is -2.39. The first kappa shape index (κ1) is 12.9. The molecule has 2 aromatic carbocycles. The lowest BCUT2D eigenvalue weighted by molar-refractivity contribution is -0.133. The smallest absolute Gasteiger partial charge is 0.227 e. The van der Waals surface area contributed by atoms with E-state index in [0.717, 1.165) is 18.5 Å². The molecule has 0 spiro atoms. The Hall–Kier alpha value is -2.09. The predicted molar refractivity (Wildman–Crippen MR) is 80.4 cm³/mol. The van der Waals surface area contributed by atoms with Gasteiger partial charge >= 0.3 is 0 Å². The van der Waals surface area contributed by atoms with Gasteiger partial charge < -0.3 is 4.90 Å². The average molecular weight is 265 g/mol. The van der Waals surface area contributed by atoms with Crippen molar-refractivity contribution in [2.75, 3.05) is 6.54 Å². The van der Waals surface area contributed by atoms with Gasteiger partial charge in [-0.3, -0.25) is 4.79 Å². The zero-order valence-electron chi connectivity index (χ0n) is 11.8. The van der Waals surface area contributed by atoms with Crippen LogP contribution in [-0.2, 0) is 17.6 Å². The molecule has 102 valence electrons. The van der Waals surface area contributed by atoms with E-state index in [1.807, 2.05) is 35.2 Å². The Bertz CT molecular complexity index is 606. The fourth-order valence-corrected chi connectivity index (χ4v) is 2.98. The van der Waals surface area contributed by atoms with Gasteiger partial charge in [0, 0.05) is 6.54 Å². The van der Waals surface area contributed by atoms with Gasteiger partial charge in [-0.1, -0.05) is 54.6 Å². The first-order chi connectivity index (χ1) is 9.75. The molecule has 1 amide bonds. The van der Waals surface area contributed by atoms with Crippen molar-refractivity contribution in [3.05, 3.63) is 71.3 Å². The van der Waals surface area contributed by atoms with Gasteiger partial charge in [0.15, 0.2) is 0 Å². The second-order valence-corrected chi connectivity index (χ2v) is 5.37. The van der Waals surface area contributed by atoms with Crippen molar-refractivity contribution in [3.8, 4) is 0 Å². The van der Waals surface area contributed by atoms with Crippen LogP contribution in [0.5, 0.6) is 0 Å². The summed E-state index contributed by atoms with van der Waals surface area (Å²) >= 11 is 0. The van der Waals surface area contributed by atoms with E-state index in [1.54, 1.807) is 0 Å². The van der Waals surface area contributed by atoms with Gasteiger partial charge in [-0.25, -0.2) is 0 Å². The van der Waals surface area contributed by atoms with Crippen LogP contribution in [0.2, 0.25) is 0 Å². The summed E-state index contributed by atoms with van der Waals surface area (Å²) in [7, 11) is 0. The largest absolute Gasteiger partial charge is 0.335 e. The number of carbonyl (C=O) groups is 1. The number of fused-ring (bicyclic) bond motifs is 1. The molecule has 3 rings (SSSR count). The molecule has 1 heterocycles. The molecule has 2 nitrogen and oxygen atoms in total. The van der Waals surface area contributed by atoms with Gasteiger partial charge in [-0.15, -0.1) is 0 Å². The highest BCUT2D eigenvalue weighted by atomic mass is 16.2. The maximum absolute atomic E-state index is 12.5. The quantitative estimate of drug-likeness (QED) is 0.815.